The van der Waals surface area contributed by atoms with Crippen molar-refractivity contribution in [2.75, 3.05) is 32.7 Å². The predicted molar refractivity (Wildman–Crippen MR) is 116 cm³/mol. The Balaban J connectivity index is 1.53. The molecule has 1 N–H and O–H groups in total. The standard InChI is InChI=1S/C21H32ClN3O3S/c1-16-12-17(2)14-25(13-16)29(27,28)24-11-3-4-19(15-24)21(26)23-10-9-18-5-7-20(22)8-6-18/h5-8,16-17,19H,3-4,9-15H2,1-2H3,(H,23,26)/t16-,17-,19+/m1/s1. The van der Waals surface area contributed by atoms with Gasteiger partial charge in [-0.15, -0.1) is 0 Å². The van der Waals surface area contributed by atoms with Crippen LogP contribution in [0.4, 0.5) is 0 Å². The summed E-state index contributed by atoms with van der Waals surface area (Å²) < 4.78 is 29.4. The molecular weight excluding hydrogens is 410 g/mol. The summed E-state index contributed by atoms with van der Waals surface area (Å²) >= 11 is 5.89. The zero-order valence-corrected chi connectivity index (χ0v) is 18.9. The minimum atomic E-state index is -3.51. The number of rotatable bonds is 6. The zero-order valence-electron chi connectivity index (χ0n) is 17.3. The number of halogens is 1. The molecule has 3 atom stereocenters. The molecule has 0 radical (unpaired) electrons. The maximum Gasteiger partial charge on any atom is 0.282 e. The molecule has 0 aromatic heterocycles. The minimum absolute atomic E-state index is 0.0563. The van der Waals surface area contributed by atoms with Crippen molar-refractivity contribution in [3.05, 3.63) is 34.9 Å². The van der Waals surface area contributed by atoms with E-state index >= 15 is 0 Å². The van der Waals surface area contributed by atoms with Gasteiger partial charge >= 0.3 is 0 Å². The second-order valence-corrected chi connectivity index (χ2v) is 11.0. The molecule has 1 amide bonds. The first kappa shape index (κ1) is 22.5. The van der Waals surface area contributed by atoms with Gasteiger partial charge in [0, 0.05) is 37.7 Å². The van der Waals surface area contributed by atoms with Crippen molar-refractivity contribution < 1.29 is 13.2 Å². The van der Waals surface area contributed by atoms with Crippen molar-refractivity contribution in [3.63, 3.8) is 0 Å². The highest BCUT2D eigenvalue weighted by Gasteiger charge is 2.38. The Labute approximate surface area is 179 Å². The van der Waals surface area contributed by atoms with Crippen LogP contribution in [0.5, 0.6) is 0 Å². The van der Waals surface area contributed by atoms with E-state index in [0.717, 1.165) is 24.8 Å². The third-order valence-corrected chi connectivity index (χ3v) is 8.06. The van der Waals surface area contributed by atoms with E-state index in [0.29, 0.717) is 49.5 Å². The van der Waals surface area contributed by atoms with Gasteiger partial charge in [-0.1, -0.05) is 37.6 Å². The number of benzene rings is 1. The summed E-state index contributed by atoms with van der Waals surface area (Å²) in [5, 5.41) is 3.67. The van der Waals surface area contributed by atoms with Crippen LogP contribution in [0.1, 0.15) is 38.7 Å². The van der Waals surface area contributed by atoms with E-state index in [1.165, 1.54) is 4.31 Å². The van der Waals surface area contributed by atoms with Gasteiger partial charge in [-0.05, 0) is 55.2 Å². The second-order valence-electron chi connectivity index (χ2n) is 8.64. The van der Waals surface area contributed by atoms with E-state index in [2.05, 4.69) is 19.2 Å². The molecule has 29 heavy (non-hydrogen) atoms. The average molecular weight is 442 g/mol. The molecule has 1 aromatic carbocycles. The van der Waals surface area contributed by atoms with Crippen molar-refractivity contribution >= 4 is 27.7 Å². The molecule has 8 heteroatoms. The Kier molecular flexibility index (Phi) is 7.59. The van der Waals surface area contributed by atoms with Gasteiger partial charge in [0.25, 0.3) is 10.2 Å². The highest BCUT2D eigenvalue weighted by atomic mass is 35.5. The fourth-order valence-corrected chi connectivity index (χ4v) is 6.52. The molecule has 2 aliphatic rings. The normalized spacial score (nSPS) is 26.9. The minimum Gasteiger partial charge on any atom is -0.355 e. The van der Waals surface area contributed by atoms with Crippen LogP contribution in [-0.2, 0) is 21.4 Å². The number of piperidine rings is 2. The van der Waals surface area contributed by atoms with E-state index in [9.17, 15) is 13.2 Å². The molecule has 2 aliphatic heterocycles. The summed E-state index contributed by atoms with van der Waals surface area (Å²) in [6.45, 7) is 6.65. The molecule has 1 aromatic rings. The Morgan fingerprint density at radius 1 is 1.10 bits per heavy atom. The summed E-state index contributed by atoms with van der Waals surface area (Å²) in [4.78, 5) is 12.6. The lowest BCUT2D eigenvalue weighted by atomic mass is 9.94. The number of carbonyl (C=O) groups excluding carboxylic acids is 1. The summed E-state index contributed by atoms with van der Waals surface area (Å²) in [5.74, 6) is 0.387. The van der Waals surface area contributed by atoms with Gasteiger partial charge in [-0.3, -0.25) is 4.79 Å². The van der Waals surface area contributed by atoms with E-state index in [1.54, 1.807) is 4.31 Å². The van der Waals surface area contributed by atoms with Gasteiger partial charge < -0.3 is 5.32 Å². The largest absolute Gasteiger partial charge is 0.355 e. The first-order chi connectivity index (χ1) is 13.8. The van der Waals surface area contributed by atoms with Gasteiger partial charge in [0.05, 0.1) is 5.92 Å². The van der Waals surface area contributed by atoms with Gasteiger partial charge in [0.2, 0.25) is 5.91 Å². The second kappa shape index (κ2) is 9.77. The van der Waals surface area contributed by atoms with Crippen LogP contribution in [0.2, 0.25) is 5.02 Å². The fraction of sp³-hybridized carbons (Fsp3) is 0.667. The number of hydrogen-bond acceptors (Lipinski definition) is 3. The molecule has 0 saturated carbocycles. The number of amides is 1. The van der Waals surface area contributed by atoms with Crippen molar-refractivity contribution in [3.8, 4) is 0 Å². The molecule has 162 valence electrons. The quantitative estimate of drug-likeness (QED) is 0.737. The number of nitrogens with one attached hydrogen (secondary N) is 1. The SMILES string of the molecule is C[C@@H]1C[C@@H](C)CN(S(=O)(=O)N2CCC[C@H](C(=O)NCCc3ccc(Cl)cc3)C2)C1. The van der Waals surface area contributed by atoms with Crippen molar-refractivity contribution in [2.24, 2.45) is 17.8 Å². The van der Waals surface area contributed by atoms with E-state index in [-0.39, 0.29) is 18.4 Å². The summed E-state index contributed by atoms with van der Waals surface area (Å²) in [5.41, 5.74) is 1.11. The van der Waals surface area contributed by atoms with Gasteiger partial charge in [-0.25, -0.2) is 0 Å². The van der Waals surface area contributed by atoms with Gasteiger partial charge in [-0.2, -0.15) is 17.0 Å². The van der Waals surface area contributed by atoms with Crippen LogP contribution in [0.25, 0.3) is 0 Å². The van der Waals surface area contributed by atoms with Crippen molar-refractivity contribution in [1.29, 1.82) is 0 Å². The lowest BCUT2D eigenvalue weighted by molar-refractivity contribution is -0.126. The molecule has 2 heterocycles. The van der Waals surface area contributed by atoms with Crippen LogP contribution in [0.3, 0.4) is 0 Å². The lowest BCUT2D eigenvalue weighted by Gasteiger charge is -2.39. The Morgan fingerprint density at radius 2 is 1.76 bits per heavy atom. The summed E-state index contributed by atoms with van der Waals surface area (Å²) in [6, 6.07) is 7.57. The first-order valence-electron chi connectivity index (χ1n) is 10.5. The third-order valence-electron chi connectivity index (χ3n) is 5.87. The van der Waals surface area contributed by atoms with Crippen LogP contribution in [0, 0.1) is 17.8 Å². The van der Waals surface area contributed by atoms with Crippen LogP contribution < -0.4 is 5.32 Å². The van der Waals surface area contributed by atoms with Crippen LogP contribution in [0.15, 0.2) is 24.3 Å². The molecule has 0 aliphatic carbocycles. The highest BCUT2D eigenvalue weighted by Crippen LogP contribution is 2.27. The number of hydrogen-bond donors (Lipinski definition) is 1. The Morgan fingerprint density at radius 3 is 2.41 bits per heavy atom. The Bertz CT molecular complexity index is 790. The maximum absolute atomic E-state index is 13.1. The lowest BCUT2D eigenvalue weighted by Crippen LogP contribution is -2.53. The van der Waals surface area contributed by atoms with Gasteiger partial charge in [0.15, 0.2) is 0 Å². The van der Waals surface area contributed by atoms with E-state index in [1.807, 2.05) is 24.3 Å². The molecule has 0 spiro atoms. The molecule has 2 saturated heterocycles. The molecule has 2 fully saturated rings. The molecular formula is C21H32ClN3O3S. The first-order valence-corrected chi connectivity index (χ1v) is 12.3. The predicted octanol–water partition coefficient (Wildman–Crippen LogP) is 2.93. The van der Waals surface area contributed by atoms with Gasteiger partial charge in [0.1, 0.15) is 0 Å². The van der Waals surface area contributed by atoms with E-state index in [4.69, 9.17) is 11.6 Å². The zero-order chi connectivity index (χ0) is 21.0. The summed E-state index contributed by atoms with van der Waals surface area (Å²) in [6.07, 6.45) is 3.23. The molecule has 6 nitrogen and oxygen atoms in total. The smallest absolute Gasteiger partial charge is 0.282 e. The topological polar surface area (TPSA) is 69.7 Å². The highest BCUT2D eigenvalue weighted by molar-refractivity contribution is 7.86. The average Bonchev–Trinajstić information content (AvgIpc) is 2.69. The van der Waals surface area contributed by atoms with Crippen LogP contribution >= 0.6 is 11.6 Å². The maximum atomic E-state index is 13.1. The third kappa shape index (κ3) is 5.94. The molecule has 3 rings (SSSR count). The number of carbonyl (C=O) groups is 1. The van der Waals surface area contributed by atoms with E-state index < -0.39 is 10.2 Å². The Hall–Kier alpha value is -1.15. The van der Waals surface area contributed by atoms with Crippen molar-refractivity contribution in [1.82, 2.24) is 13.9 Å². The molecule has 0 unspecified atom stereocenters. The van der Waals surface area contributed by atoms with Crippen LogP contribution in [-0.4, -0.2) is 55.7 Å². The monoisotopic (exact) mass is 441 g/mol. The summed E-state index contributed by atoms with van der Waals surface area (Å²) in [7, 11) is -3.51. The van der Waals surface area contributed by atoms with Crippen molar-refractivity contribution in [2.45, 2.75) is 39.5 Å². The number of nitrogens with zero attached hydrogens (tertiary/aromatic N) is 2. The fourth-order valence-electron chi connectivity index (χ4n) is 4.45. The molecule has 0 bridgehead atoms.